The van der Waals surface area contributed by atoms with E-state index in [4.69, 9.17) is 10.5 Å². The molecule has 0 atom stereocenters. The van der Waals surface area contributed by atoms with Crippen LogP contribution in [0.4, 0.5) is 5.69 Å². The molecule has 112 valence electrons. The van der Waals surface area contributed by atoms with Gasteiger partial charge in [0.2, 0.25) is 10.0 Å². The van der Waals surface area contributed by atoms with E-state index in [2.05, 4.69) is 22.5 Å². The lowest BCUT2D eigenvalue weighted by atomic mass is 10.2. The number of sulfonamides is 1. The highest BCUT2D eigenvalue weighted by Crippen LogP contribution is 2.28. The summed E-state index contributed by atoms with van der Waals surface area (Å²) >= 11 is 3.29. The molecule has 0 radical (unpaired) electrons. The van der Waals surface area contributed by atoms with Gasteiger partial charge in [-0.3, -0.25) is 0 Å². The van der Waals surface area contributed by atoms with Crippen molar-refractivity contribution in [3.05, 3.63) is 34.8 Å². The summed E-state index contributed by atoms with van der Waals surface area (Å²) in [5, 5.41) is 0. The number of nitrogens with zero attached hydrogens (tertiary/aromatic N) is 1. The summed E-state index contributed by atoms with van der Waals surface area (Å²) in [7, 11) is -2.09. The largest absolute Gasteiger partial charge is 0.398 e. The number of ether oxygens (including phenoxy) is 1. The number of hydrogen-bond acceptors (Lipinski definition) is 4. The van der Waals surface area contributed by atoms with Gasteiger partial charge in [-0.2, -0.15) is 4.31 Å². The second-order valence-electron chi connectivity index (χ2n) is 4.28. The molecule has 1 aromatic carbocycles. The van der Waals surface area contributed by atoms with Crippen LogP contribution >= 0.6 is 15.9 Å². The van der Waals surface area contributed by atoms with Gasteiger partial charge in [-0.1, -0.05) is 6.08 Å². The van der Waals surface area contributed by atoms with Crippen LogP contribution in [0, 0.1) is 6.92 Å². The van der Waals surface area contributed by atoms with Crippen LogP contribution in [-0.2, 0) is 14.8 Å². The maximum absolute atomic E-state index is 12.7. The van der Waals surface area contributed by atoms with Crippen LogP contribution in [0.1, 0.15) is 5.56 Å². The Kier molecular flexibility index (Phi) is 6.19. The molecule has 0 saturated heterocycles. The fraction of sp³-hybridized carbons (Fsp3) is 0.385. The highest BCUT2D eigenvalue weighted by atomic mass is 79.9. The third-order valence-electron chi connectivity index (χ3n) is 2.79. The first-order valence-corrected chi connectivity index (χ1v) is 8.23. The minimum Gasteiger partial charge on any atom is -0.398 e. The molecule has 2 N–H and O–H groups in total. The summed E-state index contributed by atoms with van der Waals surface area (Å²) in [6.07, 6.45) is 1.55. The van der Waals surface area contributed by atoms with Crippen molar-refractivity contribution in [1.29, 1.82) is 0 Å². The van der Waals surface area contributed by atoms with Crippen molar-refractivity contribution < 1.29 is 13.2 Å². The smallest absolute Gasteiger partial charge is 0.243 e. The lowest BCUT2D eigenvalue weighted by Crippen LogP contribution is -2.34. The second-order valence-corrected chi connectivity index (χ2v) is 7.04. The Morgan fingerprint density at radius 1 is 1.50 bits per heavy atom. The Bertz CT molecular complexity index is 588. The van der Waals surface area contributed by atoms with Gasteiger partial charge in [0.1, 0.15) is 0 Å². The number of aryl methyl sites for hydroxylation is 1. The summed E-state index contributed by atoms with van der Waals surface area (Å²) in [6.45, 7) is 6.13. The topological polar surface area (TPSA) is 72.6 Å². The van der Waals surface area contributed by atoms with Gasteiger partial charge in [0.15, 0.2) is 0 Å². The Labute approximate surface area is 128 Å². The summed E-state index contributed by atoms with van der Waals surface area (Å²) in [5.74, 6) is 0. The van der Waals surface area contributed by atoms with Crippen molar-refractivity contribution in [2.24, 2.45) is 0 Å². The first kappa shape index (κ1) is 17.2. The zero-order chi connectivity index (χ0) is 15.3. The molecule has 0 bridgehead atoms. The van der Waals surface area contributed by atoms with Crippen LogP contribution in [0.2, 0.25) is 0 Å². The van der Waals surface area contributed by atoms with Crippen LogP contribution in [0.5, 0.6) is 0 Å². The first-order valence-electron chi connectivity index (χ1n) is 6.00. The molecule has 0 fully saturated rings. The SMILES string of the molecule is C=CCN(CCOC)S(=O)(=O)c1cc(N)c(Br)cc1C. The molecule has 5 nitrogen and oxygen atoms in total. The highest BCUT2D eigenvalue weighted by molar-refractivity contribution is 9.10. The average Bonchev–Trinajstić information content (AvgIpc) is 2.38. The van der Waals surface area contributed by atoms with E-state index in [1.807, 2.05) is 0 Å². The molecule has 0 aliphatic rings. The third-order valence-corrected chi connectivity index (χ3v) is 5.48. The second kappa shape index (κ2) is 7.21. The molecule has 0 unspecified atom stereocenters. The van der Waals surface area contributed by atoms with Crippen molar-refractivity contribution in [2.45, 2.75) is 11.8 Å². The van der Waals surface area contributed by atoms with Gasteiger partial charge >= 0.3 is 0 Å². The van der Waals surface area contributed by atoms with E-state index >= 15 is 0 Å². The molecule has 7 heteroatoms. The molecular formula is C13H19BrN2O3S. The number of halogens is 1. The minimum absolute atomic E-state index is 0.205. The number of methoxy groups -OCH3 is 1. The van der Waals surface area contributed by atoms with Crippen molar-refractivity contribution in [3.8, 4) is 0 Å². The number of hydrogen-bond donors (Lipinski definition) is 1. The summed E-state index contributed by atoms with van der Waals surface area (Å²) in [4.78, 5) is 0.205. The van der Waals surface area contributed by atoms with Gasteiger partial charge in [0.05, 0.1) is 11.5 Å². The average molecular weight is 363 g/mol. The minimum atomic E-state index is -3.62. The molecule has 20 heavy (non-hydrogen) atoms. The van der Waals surface area contributed by atoms with E-state index in [0.717, 1.165) is 0 Å². The van der Waals surface area contributed by atoms with E-state index in [-0.39, 0.29) is 18.0 Å². The third kappa shape index (κ3) is 3.82. The van der Waals surface area contributed by atoms with Gasteiger partial charge in [-0.25, -0.2) is 8.42 Å². The Balaban J connectivity index is 3.25. The molecule has 1 rings (SSSR count). The number of nitrogens with two attached hydrogens (primary N) is 1. The van der Waals surface area contributed by atoms with Gasteiger partial charge < -0.3 is 10.5 Å². The van der Waals surface area contributed by atoms with E-state index in [1.54, 1.807) is 19.1 Å². The molecule has 0 aliphatic carbocycles. The highest BCUT2D eigenvalue weighted by Gasteiger charge is 2.25. The van der Waals surface area contributed by atoms with Crippen molar-refractivity contribution >= 4 is 31.6 Å². The number of benzene rings is 1. The summed E-state index contributed by atoms with van der Waals surface area (Å²) in [5.41, 5.74) is 6.81. The standard InChI is InChI=1S/C13H19BrN2O3S/c1-4-5-16(6-7-19-3)20(17,18)13-9-12(15)11(14)8-10(13)2/h4,8-9H,1,5-7,15H2,2-3H3. The molecule has 0 aliphatic heterocycles. The fourth-order valence-electron chi connectivity index (χ4n) is 1.73. The molecule has 0 heterocycles. The van der Waals surface area contributed by atoms with Gasteiger partial charge in [-0.15, -0.1) is 6.58 Å². The van der Waals surface area contributed by atoms with Crippen LogP contribution in [-0.4, -0.2) is 39.5 Å². The molecule has 0 spiro atoms. The Morgan fingerprint density at radius 2 is 2.15 bits per heavy atom. The van der Waals surface area contributed by atoms with E-state index < -0.39 is 10.0 Å². The summed E-state index contributed by atoms with van der Waals surface area (Å²) < 4.78 is 32.3. The lowest BCUT2D eigenvalue weighted by molar-refractivity contribution is 0.182. The lowest BCUT2D eigenvalue weighted by Gasteiger charge is -2.22. The van der Waals surface area contributed by atoms with Crippen molar-refractivity contribution in [3.63, 3.8) is 0 Å². The number of nitrogen functional groups attached to an aromatic ring is 1. The Hall–Kier alpha value is -0.890. The molecule has 0 saturated carbocycles. The fourth-order valence-corrected chi connectivity index (χ4v) is 3.83. The zero-order valence-electron chi connectivity index (χ0n) is 11.6. The van der Waals surface area contributed by atoms with Gasteiger partial charge in [-0.05, 0) is 40.5 Å². The molecule has 1 aromatic rings. The van der Waals surface area contributed by atoms with E-state index in [1.165, 1.54) is 17.5 Å². The predicted molar refractivity (Wildman–Crippen MR) is 84.1 cm³/mol. The summed E-state index contributed by atoms with van der Waals surface area (Å²) in [6, 6.07) is 3.17. The Morgan fingerprint density at radius 3 is 2.70 bits per heavy atom. The van der Waals surface area contributed by atoms with Crippen LogP contribution in [0.3, 0.4) is 0 Å². The first-order chi connectivity index (χ1) is 9.34. The maximum Gasteiger partial charge on any atom is 0.243 e. The monoisotopic (exact) mass is 362 g/mol. The van der Waals surface area contributed by atoms with E-state index in [9.17, 15) is 8.42 Å². The quantitative estimate of drug-likeness (QED) is 0.595. The van der Waals surface area contributed by atoms with Crippen LogP contribution < -0.4 is 5.73 Å². The molecule has 0 aromatic heterocycles. The van der Waals surface area contributed by atoms with Crippen molar-refractivity contribution in [2.75, 3.05) is 32.5 Å². The van der Waals surface area contributed by atoms with E-state index in [0.29, 0.717) is 22.3 Å². The number of rotatable bonds is 7. The van der Waals surface area contributed by atoms with Crippen molar-refractivity contribution in [1.82, 2.24) is 4.31 Å². The van der Waals surface area contributed by atoms with Gasteiger partial charge in [0, 0.05) is 30.4 Å². The number of anilines is 1. The van der Waals surface area contributed by atoms with Crippen LogP contribution in [0.25, 0.3) is 0 Å². The van der Waals surface area contributed by atoms with Crippen LogP contribution in [0.15, 0.2) is 34.2 Å². The maximum atomic E-state index is 12.7. The van der Waals surface area contributed by atoms with Gasteiger partial charge in [0.25, 0.3) is 0 Å². The molecular weight excluding hydrogens is 344 g/mol. The molecule has 0 amide bonds. The predicted octanol–water partition coefficient (Wildman–Crippen LogP) is 2.16. The zero-order valence-corrected chi connectivity index (χ0v) is 14.0. The normalized spacial score (nSPS) is 11.8.